The van der Waals surface area contributed by atoms with E-state index in [1.54, 1.807) is 12.1 Å². The minimum absolute atomic E-state index is 0.00748. The molecule has 4 aliphatic heterocycles. The quantitative estimate of drug-likeness (QED) is 0.0922. The zero-order valence-corrected chi connectivity index (χ0v) is 33.2. The van der Waals surface area contributed by atoms with Crippen molar-refractivity contribution in [2.45, 2.75) is 38.1 Å². The van der Waals surface area contributed by atoms with E-state index in [9.17, 15) is 28.4 Å². The second kappa shape index (κ2) is 17.9. The highest BCUT2D eigenvalue weighted by atomic mass is 35.5. The molecule has 0 spiro atoms. The van der Waals surface area contributed by atoms with E-state index in [4.69, 9.17) is 27.3 Å². The molecule has 15 nitrogen and oxygen atoms in total. The Hall–Kier alpha value is -6.04. The van der Waals surface area contributed by atoms with Crippen molar-refractivity contribution in [2.24, 2.45) is 5.92 Å². The number of hydrogen-bond donors (Lipinski definition) is 3. The van der Waals surface area contributed by atoms with Crippen LogP contribution in [0.2, 0.25) is 5.02 Å². The van der Waals surface area contributed by atoms with Crippen molar-refractivity contribution in [3.8, 4) is 5.75 Å². The van der Waals surface area contributed by atoms with Gasteiger partial charge in [-0.3, -0.25) is 39.1 Å². The highest BCUT2D eigenvalue weighted by Crippen LogP contribution is 2.35. The molecule has 318 valence electrons. The first-order valence-corrected chi connectivity index (χ1v) is 19.8. The third-order valence-corrected chi connectivity index (χ3v) is 11.0. The summed E-state index contributed by atoms with van der Waals surface area (Å²) in [6.07, 6.45) is 3.34. The van der Waals surface area contributed by atoms with E-state index in [2.05, 4.69) is 32.1 Å². The SMILES string of the molecule is [2H]C1([2H])N(CC2CCN(CCCOc3cc4ncnc(Nc5ccc(F)c(Cl)c5)c4cc3NC(=O)C=C)CC2)C([2H])([2H])C([2H])([2H])N(c2cc3c(cc2F)C(=O)N(C2CCC(=O)NC2=O)C3=O)C1([2H])[2H]. The molecule has 0 saturated carbocycles. The zero-order valence-electron chi connectivity index (χ0n) is 40.4. The van der Waals surface area contributed by atoms with Gasteiger partial charge in [-0.1, -0.05) is 18.2 Å². The molecule has 5 heterocycles. The molecular weight excluding hydrogens is 812 g/mol. The lowest BCUT2D eigenvalue weighted by molar-refractivity contribution is -0.136. The predicted molar refractivity (Wildman–Crippen MR) is 224 cm³/mol. The van der Waals surface area contributed by atoms with Crippen LogP contribution in [0.25, 0.3) is 10.9 Å². The van der Waals surface area contributed by atoms with Gasteiger partial charge in [-0.25, -0.2) is 18.7 Å². The van der Waals surface area contributed by atoms with Crippen molar-refractivity contribution in [1.82, 2.24) is 30.0 Å². The van der Waals surface area contributed by atoms with Gasteiger partial charge < -0.3 is 25.2 Å². The van der Waals surface area contributed by atoms with Gasteiger partial charge in [0.05, 0.1) is 45.1 Å². The molecule has 18 heteroatoms. The number of carbonyl (C=O) groups is 5. The molecule has 3 fully saturated rings. The number of halogens is 3. The number of hydrogen-bond acceptors (Lipinski definition) is 12. The maximum Gasteiger partial charge on any atom is 0.262 e. The van der Waals surface area contributed by atoms with Gasteiger partial charge in [0.15, 0.2) is 0 Å². The molecule has 0 aliphatic carbocycles. The Balaban J connectivity index is 0.913. The lowest BCUT2D eigenvalue weighted by atomic mass is 9.95. The Morgan fingerprint density at radius 3 is 2.44 bits per heavy atom. The van der Waals surface area contributed by atoms with Crippen LogP contribution >= 0.6 is 11.6 Å². The minimum atomic E-state index is -3.49. The standard InChI is InChI=1S/C43H44ClF2N9O6/c1-2-38(56)50-34-20-29-33(47-24-48-40(29)49-26-4-5-31(45)30(44)18-26)22-37(34)61-17-3-10-52-11-8-25(9-12-52)23-53-13-15-54(16-14-53)36-21-28-27(19-32(36)46)42(59)55(43(28)60)35-6-7-39(57)51-41(35)58/h2,4-5,18-22,24-25,35H,1,3,6-17,23H2,(H,50,56)(H,47,48,49)(H,51,57,58)/i13D2,14D2,15D2,16D2. The first kappa shape index (κ1) is 32.7. The van der Waals surface area contributed by atoms with Gasteiger partial charge in [-0.15, -0.1) is 0 Å². The number of carbonyl (C=O) groups excluding carboxylic acids is 5. The van der Waals surface area contributed by atoms with E-state index < -0.39 is 102 Å². The summed E-state index contributed by atoms with van der Waals surface area (Å²) in [5.74, 6) is -6.05. The Morgan fingerprint density at radius 2 is 1.72 bits per heavy atom. The second-order valence-corrected chi connectivity index (χ2v) is 15.1. The number of aromatic nitrogens is 2. The Kier molecular flexibility index (Phi) is 9.59. The van der Waals surface area contributed by atoms with Crippen molar-refractivity contribution >= 4 is 74.9 Å². The number of nitrogens with zero attached hydrogens (tertiary/aromatic N) is 6. The summed E-state index contributed by atoms with van der Waals surface area (Å²) in [5, 5.41) is 8.27. The van der Waals surface area contributed by atoms with Crippen LogP contribution in [0.3, 0.4) is 0 Å². The van der Waals surface area contributed by atoms with E-state index in [0.717, 1.165) is 6.08 Å². The van der Waals surface area contributed by atoms with E-state index >= 15 is 4.39 Å². The summed E-state index contributed by atoms with van der Waals surface area (Å²) in [7, 11) is 0. The summed E-state index contributed by atoms with van der Waals surface area (Å²) >= 11 is 5.96. The van der Waals surface area contributed by atoms with Crippen LogP contribution in [0.1, 0.15) is 63.8 Å². The molecular formula is C43H44ClF2N9O6. The third kappa shape index (κ3) is 9.04. The van der Waals surface area contributed by atoms with Crippen molar-refractivity contribution in [3.05, 3.63) is 89.2 Å². The Labute approximate surface area is 366 Å². The van der Waals surface area contributed by atoms with Crippen LogP contribution in [0.4, 0.5) is 31.7 Å². The molecule has 4 aromatic rings. The van der Waals surface area contributed by atoms with Crippen molar-refractivity contribution in [3.63, 3.8) is 0 Å². The number of piperazine rings is 1. The minimum Gasteiger partial charge on any atom is -0.491 e. The van der Waals surface area contributed by atoms with Gasteiger partial charge in [0.2, 0.25) is 17.7 Å². The van der Waals surface area contributed by atoms with Crippen molar-refractivity contribution < 1.29 is 48.5 Å². The fraction of sp³-hybridized carbons (Fsp3) is 0.372. The van der Waals surface area contributed by atoms with Crippen LogP contribution < -0.4 is 25.6 Å². The molecule has 3 N–H and O–H groups in total. The maximum atomic E-state index is 16.1. The summed E-state index contributed by atoms with van der Waals surface area (Å²) < 4.78 is 108. The number of fused-ring (bicyclic) bond motifs is 2. The fourth-order valence-electron chi connectivity index (χ4n) is 7.55. The zero-order chi connectivity index (χ0) is 50.0. The molecule has 3 saturated heterocycles. The lowest BCUT2D eigenvalue weighted by Gasteiger charge is -2.39. The molecule has 1 unspecified atom stereocenters. The topological polar surface area (TPSA) is 169 Å². The summed E-state index contributed by atoms with van der Waals surface area (Å²) in [4.78, 5) is 75.3. The molecule has 4 aliphatic rings. The fourth-order valence-corrected chi connectivity index (χ4v) is 7.74. The first-order chi connectivity index (χ1) is 32.5. The van der Waals surface area contributed by atoms with Gasteiger partial charge in [-0.05, 0) is 87.2 Å². The largest absolute Gasteiger partial charge is 0.491 e. The molecule has 1 atom stereocenters. The smallest absolute Gasteiger partial charge is 0.262 e. The van der Waals surface area contributed by atoms with E-state index in [-0.39, 0.29) is 29.4 Å². The van der Waals surface area contributed by atoms with E-state index in [1.807, 2.05) is 5.32 Å². The molecule has 0 radical (unpaired) electrons. The van der Waals surface area contributed by atoms with E-state index in [0.29, 0.717) is 94.7 Å². The molecule has 0 bridgehead atoms. The number of amides is 5. The number of imide groups is 2. The van der Waals surface area contributed by atoms with Gasteiger partial charge >= 0.3 is 0 Å². The number of piperidine rings is 2. The van der Waals surface area contributed by atoms with Gasteiger partial charge in [0.1, 0.15) is 35.6 Å². The third-order valence-electron chi connectivity index (χ3n) is 10.7. The maximum absolute atomic E-state index is 16.1. The van der Waals surface area contributed by atoms with Crippen LogP contribution in [-0.4, -0.2) is 119 Å². The molecule has 8 rings (SSSR count). The van der Waals surface area contributed by atoms with Gasteiger partial charge in [0.25, 0.3) is 11.8 Å². The average Bonchev–Trinajstić information content (AvgIpc) is 3.52. The monoisotopic (exact) mass is 863 g/mol. The normalized spacial score (nSPS) is 24.2. The van der Waals surface area contributed by atoms with Crippen LogP contribution in [0.15, 0.2) is 61.4 Å². The predicted octanol–water partition coefficient (Wildman–Crippen LogP) is 5.13. The van der Waals surface area contributed by atoms with Crippen LogP contribution in [0, 0.1) is 17.6 Å². The number of ether oxygens (including phenoxy) is 1. The molecule has 3 aromatic carbocycles. The molecule has 1 aromatic heterocycles. The number of benzene rings is 3. The average molecular weight is 864 g/mol. The van der Waals surface area contributed by atoms with Gasteiger partial charge in [-0.2, -0.15) is 0 Å². The second-order valence-electron chi connectivity index (χ2n) is 14.7. The molecule has 5 amide bonds. The van der Waals surface area contributed by atoms with Gasteiger partial charge in [0, 0.05) is 68.1 Å². The summed E-state index contributed by atoms with van der Waals surface area (Å²) in [6, 6.07) is 7.14. The molecule has 61 heavy (non-hydrogen) atoms. The van der Waals surface area contributed by atoms with Crippen molar-refractivity contribution in [2.75, 3.05) is 74.3 Å². The summed E-state index contributed by atoms with van der Waals surface area (Å²) in [6.45, 7) is -8.80. The lowest BCUT2D eigenvalue weighted by Crippen LogP contribution is -2.54. The van der Waals surface area contributed by atoms with Crippen molar-refractivity contribution in [1.29, 1.82) is 0 Å². The highest BCUT2D eigenvalue weighted by Gasteiger charge is 2.45. The van der Waals surface area contributed by atoms with E-state index in [1.165, 1.54) is 24.5 Å². The number of rotatable bonds is 13. The number of anilines is 4. The number of nitrogens with one attached hydrogen (secondary N) is 3. The summed E-state index contributed by atoms with van der Waals surface area (Å²) in [5.41, 5.74) is -0.861. The van der Waals surface area contributed by atoms with Crippen LogP contribution in [0.5, 0.6) is 5.75 Å². The number of likely N-dealkylation sites (tertiary alicyclic amines) is 1. The Morgan fingerprint density at radius 1 is 0.967 bits per heavy atom. The van der Waals surface area contributed by atoms with Crippen LogP contribution in [-0.2, 0) is 14.4 Å². The Bertz CT molecular complexity index is 2780. The highest BCUT2D eigenvalue weighted by molar-refractivity contribution is 6.31. The first-order valence-electron chi connectivity index (χ1n) is 23.4.